The highest BCUT2D eigenvalue weighted by Gasteiger charge is 2.02. The maximum absolute atomic E-state index is 11.0. The van der Waals surface area contributed by atoms with E-state index in [-0.39, 0.29) is 5.97 Å². The number of hydrogen-bond acceptors (Lipinski definition) is 5. The molecule has 0 rings (SSSR count). The summed E-state index contributed by atoms with van der Waals surface area (Å²) in [5, 5.41) is 0. The first-order chi connectivity index (χ1) is 7.68. The molecular formula is C11H20O2S3. The minimum absolute atomic E-state index is 0.311. The highest BCUT2D eigenvalue weighted by molar-refractivity contribution is 8.01. The third-order valence-corrected chi connectivity index (χ3v) is 4.53. The van der Waals surface area contributed by atoms with Gasteiger partial charge in [0.05, 0.1) is 12.0 Å². The van der Waals surface area contributed by atoms with E-state index in [0.29, 0.717) is 5.57 Å². The molecule has 0 atom stereocenters. The third-order valence-electron chi connectivity index (χ3n) is 1.58. The molecule has 0 aliphatic rings. The van der Waals surface area contributed by atoms with Crippen molar-refractivity contribution in [1.29, 1.82) is 0 Å². The van der Waals surface area contributed by atoms with Crippen molar-refractivity contribution in [1.82, 2.24) is 0 Å². The van der Waals surface area contributed by atoms with Crippen LogP contribution in [-0.2, 0) is 8.98 Å². The standard InChI is InChI=1S/C11H20O2S3/c1-4-14-6-5-7-15-8-9-16-13-11(12)10(2)3/h2,4-9H2,1,3H3. The predicted molar refractivity (Wildman–Crippen MR) is 78.3 cm³/mol. The molecule has 0 fully saturated rings. The highest BCUT2D eigenvalue weighted by Crippen LogP contribution is 2.12. The van der Waals surface area contributed by atoms with Crippen LogP contribution in [0.3, 0.4) is 0 Å². The molecule has 0 aromatic rings. The minimum Gasteiger partial charge on any atom is -0.388 e. The van der Waals surface area contributed by atoms with Crippen LogP contribution >= 0.6 is 35.6 Å². The molecule has 0 aliphatic carbocycles. The molecule has 2 nitrogen and oxygen atoms in total. The van der Waals surface area contributed by atoms with Crippen LogP contribution in [0.5, 0.6) is 0 Å². The Kier molecular flexibility index (Phi) is 11.9. The fourth-order valence-corrected chi connectivity index (χ4v) is 3.22. The van der Waals surface area contributed by atoms with Gasteiger partial charge in [-0.3, -0.25) is 0 Å². The Morgan fingerprint density at radius 1 is 1.19 bits per heavy atom. The summed E-state index contributed by atoms with van der Waals surface area (Å²) < 4.78 is 4.91. The molecule has 0 aromatic carbocycles. The molecule has 0 spiro atoms. The van der Waals surface area contributed by atoms with Crippen LogP contribution in [0, 0.1) is 0 Å². The molecule has 0 saturated carbocycles. The lowest BCUT2D eigenvalue weighted by molar-refractivity contribution is -0.128. The quantitative estimate of drug-likeness (QED) is 0.346. The molecule has 16 heavy (non-hydrogen) atoms. The van der Waals surface area contributed by atoms with E-state index in [1.165, 1.54) is 35.7 Å². The summed E-state index contributed by atoms with van der Waals surface area (Å²) >= 11 is 5.12. The summed E-state index contributed by atoms with van der Waals surface area (Å²) in [5.74, 6) is 5.23. The van der Waals surface area contributed by atoms with Gasteiger partial charge < -0.3 is 4.18 Å². The minimum atomic E-state index is -0.311. The summed E-state index contributed by atoms with van der Waals surface area (Å²) in [4.78, 5) is 11.0. The molecule has 0 heterocycles. The van der Waals surface area contributed by atoms with Gasteiger partial charge in [0.15, 0.2) is 0 Å². The summed E-state index contributed by atoms with van der Waals surface area (Å²) in [6.07, 6.45) is 1.26. The molecule has 0 radical (unpaired) electrons. The van der Waals surface area contributed by atoms with Gasteiger partial charge in [0.1, 0.15) is 0 Å². The van der Waals surface area contributed by atoms with Gasteiger partial charge in [0.2, 0.25) is 0 Å². The average molecular weight is 280 g/mol. The topological polar surface area (TPSA) is 26.3 Å². The Morgan fingerprint density at radius 2 is 1.88 bits per heavy atom. The van der Waals surface area contributed by atoms with Crippen LogP contribution in [-0.4, -0.2) is 34.7 Å². The van der Waals surface area contributed by atoms with E-state index in [9.17, 15) is 4.79 Å². The lowest BCUT2D eigenvalue weighted by Crippen LogP contribution is -2.00. The molecule has 0 saturated heterocycles. The van der Waals surface area contributed by atoms with Crippen molar-refractivity contribution in [2.24, 2.45) is 0 Å². The second kappa shape index (κ2) is 11.7. The van der Waals surface area contributed by atoms with Gasteiger partial charge in [-0.1, -0.05) is 13.5 Å². The van der Waals surface area contributed by atoms with Gasteiger partial charge in [-0.05, 0) is 30.6 Å². The Balaban J connectivity index is 3.10. The molecular weight excluding hydrogens is 260 g/mol. The Morgan fingerprint density at radius 3 is 2.50 bits per heavy atom. The highest BCUT2D eigenvalue weighted by atomic mass is 32.2. The van der Waals surface area contributed by atoms with E-state index in [0.717, 1.165) is 11.5 Å². The molecule has 0 unspecified atom stereocenters. The van der Waals surface area contributed by atoms with Crippen molar-refractivity contribution in [3.8, 4) is 0 Å². The van der Waals surface area contributed by atoms with Crippen LogP contribution in [0.15, 0.2) is 12.2 Å². The zero-order chi connectivity index (χ0) is 12.2. The normalized spacial score (nSPS) is 10.1. The van der Waals surface area contributed by atoms with E-state index < -0.39 is 0 Å². The zero-order valence-electron chi connectivity index (χ0n) is 9.99. The molecule has 0 N–H and O–H groups in total. The second-order valence-corrected chi connectivity index (χ2v) is 6.57. The van der Waals surface area contributed by atoms with Crippen molar-refractivity contribution >= 4 is 41.5 Å². The maximum Gasteiger partial charge on any atom is 0.345 e. The molecule has 0 aromatic heterocycles. The van der Waals surface area contributed by atoms with Crippen molar-refractivity contribution in [2.75, 3.05) is 28.8 Å². The Bertz CT molecular complexity index is 207. The van der Waals surface area contributed by atoms with E-state index >= 15 is 0 Å². The van der Waals surface area contributed by atoms with Crippen LogP contribution < -0.4 is 0 Å². The average Bonchev–Trinajstić information content (AvgIpc) is 2.26. The number of hydrogen-bond donors (Lipinski definition) is 0. The summed E-state index contributed by atoms with van der Waals surface area (Å²) in [6.45, 7) is 7.36. The summed E-state index contributed by atoms with van der Waals surface area (Å²) in [7, 11) is 0. The Labute approximate surface area is 112 Å². The van der Waals surface area contributed by atoms with E-state index in [1.54, 1.807) is 6.92 Å². The van der Waals surface area contributed by atoms with Crippen LogP contribution in [0.25, 0.3) is 0 Å². The lowest BCUT2D eigenvalue weighted by Gasteiger charge is -2.02. The zero-order valence-corrected chi connectivity index (χ0v) is 12.4. The lowest BCUT2D eigenvalue weighted by atomic mass is 10.4. The first-order valence-corrected chi connectivity index (χ1v) is 8.55. The fourth-order valence-electron chi connectivity index (χ4n) is 0.769. The van der Waals surface area contributed by atoms with Crippen LogP contribution in [0.2, 0.25) is 0 Å². The van der Waals surface area contributed by atoms with Gasteiger partial charge >= 0.3 is 5.97 Å². The number of carbonyl (C=O) groups is 1. The van der Waals surface area contributed by atoms with Gasteiger partial charge in [-0.15, -0.1) is 0 Å². The fraction of sp³-hybridized carbons (Fsp3) is 0.727. The first kappa shape index (κ1) is 16.3. The molecule has 0 aliphatic heterocycles. The summed E-state index contributed by atoms with van der Waals surface area (Å²) in [6, 6.07) is 0. The van der Waals surface area contributed by atoms with Crippen molar-refractivity contribution in [3.05, 3.63) is 12.2 Å². The Hall–Kier alpha value is 0.260. The van der Waals surface area contributed by atoms with Crippen molar-refractivity contribution < 1.29 is 8.98 Å². The van der Waals surface area contributed by atoms with Gasteiger partial charge in [-0.2, -0.15) is 23.5 Å². The number of rotatable bonds is 10. The van der Waals surface area contributed by atoms with E-state index in [4.69, 9.17) is 4.18 Å². The molecule has 0 amide bonds. The monoisotopic (exact) mass is 280 g/mol. The first-order valence-electron chi connectivity index (χ1n) is 5.33. The molecule has 5 heteroatoms. The SMILES string of the molecule is C=C(C)C(=O)OSCCSCCCSCC. The maximum atomic E-state index is 11.0. The molecule has 94 valence electrons. The number of carbonyl (C=O) groups excluding carboxylic acids is 1. The van der Waals surface area contributed by atoms with Crippen molar-refractivity contribution in [2.45, 2.75) is 20.3 Å². The van der Waals surface area contributed by atoms with Gasteiger partial charge in [-0.25, -0.2) is 4.79 Å². The number of thioether (sulfide) groups is 2. The van der Waals surface area contributed by atoms with Crippen molar-refractivity contribution in [3.63, 3.8) is 0 Å². The largest absolute Gasteiger partial charge is 0.388 e. The third kappa shape index (κ3) is 10.8. The second-order valence-electron chi connectivity index (χ2n) is 3.14. The smallest absolute Gasteiger partial charge is 0.345 e. The predicted octanol–water partition coefficient (Wildman–Crippen LogP) is 3.63. The summed E-state index contributed by atoms with van der Waals surface area (Å²) in [5.41, 5.74) is 0.455. The van der Waals surface area contributed by atoms with Gasteiger partial charge in [0, 0.05) is 17.1 Å². The van der Waals surface area contributed by atoms with E-state index in [2.05, 4.69) is 13.5 Å². The van der Waals surface area contributed by atoms with E-state index in [1.807, 2.05) is 23.5 Å². The van der Waals surface area contributed by atoms with Gasteiger partial charge in [0.25, 0.3) is 0 Å². The van der Waals surface area contributed by atoms with Crippen LogP contribution in [0.1, 0.15) is 20.3 Å². The molecule has 0 bridgehead atoms. The van der Waals surface area contributed by atoms with Crippen LogP contribution in [0.4, 0.5) is 0 Å².